The normalized spacial score (nSPS) is 33.2. The van der Waals surface area contributed by atoms with Gasteiger partial charge in [-0.25, -0.2) is 0 Å². The van der Waals surface area contributed by atoms with Crippen LogP contribution in [-0.4, -0.2) is 54.6 Å². The fourth-order valence-corrected chi connectivity index (χ4v) is 3.51. The molecule has 0 bridgehead atoms. The molecule has 0 aromatic carbocycles. The van der Waals surface area contributed by atoms with Crippen LogP contribution in [0.25, 0.3) is 0 Å². The summed E-state index contributed by atoms with van der Waals surface area (Å²) in [6, 6.07) is 1.26. The SMILES string of the molecule is CC(C)CN1CCC(N2CCC(N)C(C)C2)CC1. The lowest BCUT2D eigenvalue weighted by molar-refractivity contribution is 0.0647. The van der Waals surface area contributed by atoms with E-state index in [1.54, 1.807) is 0 Å². The number of rotatable bonds is 3. The van der Waals surface area contributed by atoms with Crippen molar-refractivity contribution in [1.29, 1.82) is 0 Å². The molecule has 3 nitrogen and oxygen atoms in total. The molecule has 0 aliphatic carbocycles. The molecule has 2 heterocycles. The van der Waals surface area contributed by atoms with Crippen LogP contribution in [0, 0.1) is 11.8 Å². The van der Waals surface area contributed by atoms with Crippen molar-refractivity contribution < 1.29 is 0 Å². The lowest BCUT2D eigenvalue weighted by atomic mass is 9.91. The van der Waals surface area contributed by atoms with Crippen molar-refractivity contribution in [3.05, 3.63) is 0 Å². The number of piperidine rings is 2. The van der Waals surface area contributed by atoms with Gasteiger partial charge in [0, 0.05) is 25.2 Å². The Morgan fingerprint density at radius 1 is 1.11 bits per heavy atom. The van der Waals surface area contributed by atoms with Crippen molar-refractivity contribution in [3.63, 3.8) is 0 Å². The van der Waals surface area contributed by atoms with Gasteiger partial charge in [0.1, 0.15) is 0 Å². The van der Waals surface area contributed by atoms with Crippen molar-refractivity contribution in [2.45, 2.75) is 52.1 Å². The van der Waals surface area contributed by atoms with Gasteiger partial charge in [0.25, 0.3) is 0 Å². The van der Waals surface area contributed by atoms with Crippen LogP contribution in [0.1, 0.15) is 40.0 Å². The summed E-state index contributed by atoms with van der Waals surface area (Å²) in [4.78, 5) is 5.35. The van der Waals surface area contributed by atoms with Gasteiger partial charge in [-0.05, 0) is 50.7 Å². The first-order valence-electron chi connectivity index (χ1n) is 7.78. The van der Waals surface area contributed by atoms with Gasteiger partial charge in [0.15, 0.2) is 0 Å². The first-order valence-corrected chi connectivity index (χ1v) is 7.78. The van der Waals surface area contributed by atoms with Gasteiger partial charge in [0.05, 0.1) is 0 Å². The molecule has 2 fully saturated rings. The van der Waals surface area contributed by atoms with E-state index in [1.807, 2.05) is 0 Å². The smallest absolute Gasteiger partial charge is 0.0120 e. The van der Waals surface area contributed by atoms with Crippen molar-refractivity contribution >= 4 is 0 Å². The highest BCUT2D eigenvalue weighted by Crippen LogP contribution is 2.23. The standard InChI is InChI=1S/C15H31N3/c1-12(2)10-17-7-4-14(5-8-17)18-9-6-15(16)13(3)11-18/h12-15H,4-11,16H2,1-3H3. The number of hydrogen-bond donors (Lipinski definition) is 1. The summed E-state index contributed by atoms with van der Waals surface area (Å²) in [5.41, 5.74) is 6.11. The van der Waals surface area contributed by atoms with E-state index in [9.17, 15) is 0 Å². The summed E-state index contributed by atoms with van der Waals surface area (Å²) in [6.07, 6.45) is 3.90. The fourth-order valence-electron chi connectivity index (χ4n) is 3.51. The third kappa shape index (κ3) is 3.69. The van der Waals surface area contributed by atoms with Crippen LogP contribution in [0.2, 0.25) is 0 Å². The highest BCUT2D eigenvalue weighted by Gasteiger charge is 2.30. The summed E-state index contributed by atoms with van der Waals surface area (Å²) in [7, 11) is 0. The Balaban J connectivity index is 1.76. The maximum absolute atomic E-state index is 6.11. The molecule has 3 heteroatoms. The molecule has 0 saturated carbocycles. The lowest BCUT2D eigenvalue weighted by Crippen LogP contribution is -2.52. The van der Waals surface area contributed by atoms with Gasteiger partial charge in [-0.1, -0.05) is 20.8 Å². The molecule has 2 aliphatic heterocycles. The second-order valence-corrected chi connectivity index (χ2v) is 6.85. The Morgan fingerprint density at radius 3 is 2.33 bits per heavy atom. The quantitative estimate of drug-likeness (QED) is 0.832. The van der Waals surface area contributed by atoms with Crippen molar-refractivity contribution in [3.8, 4) is 0 Å². The summed E-state index contributed by atoms with van der Waals surface area (Å²) >= 11 is 0. The van der Waals surface area contributed by atoms with E-state index in [1.165, 1.54) is 52.0 Å². The summed E-state index contributed by atoms with van der Waals surface area (Å²) < 4.78 is 0. The zero-order chi connectivity index (χ0) is 13.1. The van der Waals surface area contributed by atoms with Gasteiger partial charge in [0.2, 0.25) is 0 Å². The van der Waals surface area contributed by atoms with Gasteiger partial charge >= 0.3 is 0 Å². The van der Waals surface area contributed by atoms with Crippen molar-refractivity contribution in [2.24, 2.45) is 17.6 Å². The Labute approximate surface area is 113 Å². The maximum atomic E-state index is 6.11. The zero-order valence-corrected chi connectivity index (χ0v) is 12.4. The van der Waals surface area contributed by atoms with E-state index in [2.05, 4.69) is 30.6 Å². The molecule has 18 heavy (non-hydrogen) atoms. The second-order valence-electron chi connectivity index (χ2n) is 6.85. The molecular formula is C15H31N3. The molecule has 106 valence electrons. The van der Waals surface area contributed by atoms with Crippen LogP contribution in [-0.2, 0) is 0 Å². The van der Waals surface area contributed by atoms with Gasteiger partial charge in [-0.3, -0.25) is 4.90 Å². The molecule has 0 amide bonds. The first-order chi connectivity index (χ1) is 8.56. The van der Waals surface area contributed by atoms with Crippen molar-refractivity contribution in [2.75, 3.05) is 32.7 Å². The number of nitrogens with zero attached hydrogens (tertiary/aromatic N) is 2. The maximum Gasteiger partial charge on any atom is 0.0120 e. The van der Waals surface area contributed by atoms with Gasteiger partial charge < -0.3 is 10.6 Å². The number of hydrogen-bond acceptors (Lipinski definition) is 3. The molecule has 2 rings (SSSR count). The molecule has 0 radical (unpaired) electrons. The second kappa shape index (κ2) is 6.36. The van der Waals surface area contributed by atoms with Crippen LogP contribution >= 0.6 is 0 Å². The Hall–Kier alpha value is -0.120. The Morgan fingerprint density at radius 2 is 1.78 bits per heavy atom. The van der Waals surface area contributed by atoms with E-state index in [0.717, 1.165) is 12.0 Å². The lowest BCUT2D eigenvalue weighted by Gasteiger charge is -2.43. The molecule has 0 aromatic heterocycles. The third-order valence-corrected chi connectivity index (χ3v) is 4.70. The zero-order valence-electron chi connectivity index (χ0n) is 12.4. The summed E-state index contributed by atoms with van der Waals surface area (Å²) in [5.74, 6) is 1.47. The first kappa shape index (κ1) is 14.3. The minimum absolute atomic E-state index is 0.433. The third-order valence-electron chi connectivity index (χ3n) is 4.70. The molecule has 0 spiro atoms. The van der Waals surface area contributed by atoms with Crippen LogP contribution < -0.4 is 5.73 Å². The van der Waals surface area contributed by atoms with Crippen LogP contribution in [0.5, 0.6) is 0 Å². The van der Waals surface area contributed by atoms with E-state index in [-0.39, 0.29) is 0 Å². The van der Waals surface area contributed by atoms with Crippen LogP contribution in [0.4, 0.5) is 0 Å². The van der Waals surface area contributed by atoms with Crippen LogP contribution in [0.15, 0.2) is 0 Å². The molecule has 2 N–H and O–H groups in total. The molecular weight excluding hydrogens is 222 g/mol. The number of nitrogens with two attached hydrogens (primary N) is 1. The highest BCUT2D eigenvalue weighted by atomic mass is 15.2. The van der Waals surface area contributed by atoms with E-state index in [4.69, 9.17) is 5.73 Å². The minimum Gasteiger partial charge on any atom is -0.327 e. The topological polar surface area (TPSA) is 32.5 Å². The predicted molar refractivity (Wildman–Crippen MR) is 77.6 cm³/mol. The molecule has 0 aromatic rings. The average Bonchev–Trinajstić information content (AvgIpc) is 2.33. The monoisotopic (exact) mass is 253 g/mol. The van der Waals surface area contributed by atoms with Gasteiger partial charge in [-0.2, -0.15) is 0 Å². The fraction of sp³-hybridized carbons (Fsp3) is 1.00. The largest absolute Gasteiger partial charge is 0.327 e. The summed E-state index contributed by atoms with van der Waals surface area (Å²) in [5, 5.41) is 0. The van der Waals surface area contributed by atoms with Crippen LogP contribution in [0.3, 0.4) is 0 Å². The molecule has 2 unspecified atom stereocenters. The van der Waals surface area contributed by atoms with Crippen molar-refractivity contribution in [1.82, 2.24) is 9.80 Å². The van der Waals surface area contributed by atoms with E-state index in [0.29, 0.717) is 12.0 Å². The minimum atomic E-state index is 0.433. The average molecular weight is 253 g/mol. The molecule has 2 saturated heterocycles. The Kier molecular flexibility index (Phi) is 5.05. The van der Waals surface area contributed by atoms with E-state index >= 15 is 0 Å². The highest BCUT2D eigenvalue weighted by molar-refractivity contribution is 4.87. The van der Waals surface area contributed by atoms with Gasteiger partial charge in [-0.15, -0.1) is 0 Å². The Bertz CT molecular complexity index is 246. The van der Waals surface area contributed by atoms with E-state index < -0.39 is 0 Å². The summed E-state index contributed by atoms with van der Waals surface area (Å²) in [6.45, 7) is 13.2. The molecule has 2 atom stereocenters. The predicted octanol–water partition coefficient (Wildman–Crippen LogP) is 1.78. The molecule has 2 aliphatic rings. The number of likely N-dealkylation sites (tertiary alicyclic amines) is 2.